The molecule has 158 valence electrons. The summed E-state index contributed by atoms with van der Waals surface area (Å²) in [7, 11) is 3.15. The predicted octanol–water partition coefficient (Wildman–Crippen LogP) is 2.01. The van der Waals surface area contributed by atoms with Gasteiger partial charge in [-0.05, 0) is 43.7 Å². The summed E-state index contributed by atoms with van der Waals surface area (Å²) >= 11 is 0. The van der Waals surface area contributed by atoms with Gasteiger partial charge in [0, 0.05) is 24.2 Å². The van der Waals surface area contributed by atoms with Crippen molar-refractivity contribution >= 4 is 11.9 Å². The quantitative estimate of drug-likeness (QED) is 0.748. The van der Waals surface area contributed by atoms with Crippen LogP contribution in [0.4, 0.5) is 4.79 Å². The highest BCUT2D eigenvalue weighted by Crippen LogP contribution is 2.40. The van der Waals surface area contributed by atoms with Crippen LogP contribution in [-0.4, -0.2) is 59.8 Å². The number of nitrogens with zero attached hydrogens (tertiary/aromatic N) is 2. The standard InChI is InChI=1S/C21H29N3O5/c1-13-6-8-21(9-7-13)19(26)24(20(27)22-21)12-23-10-14-16(28-2)4-5-17(29-3)18(14)15(25)11-23/h4-5,13,15,25H,6-12H2,1-3H3,(H,22,27). The molecule has 2 aliphatic heterocycles. The second kappa shape index (κ2) is 7.50. The molecule has 1 atom stereocenters. The molecule has 1 saturated carbocycles. The molecule has 3 amide bonds. The van der Waals surface area contributed by atoms with Crippen molar-refractivity contribution in [3.05, 3.63) is 23.3 Å². The third kappa shape index (κ3) is 3.34. The molecule has 1 saturated heterocycles. The number of aliphatic hydroxyl groups is 1. The van der Waals surface area contributed by atoms with E-state index in [0.717, 1.165) is 18.4 Å². The molecule has 0 bridgehead atoms. The first kappa shape index (κ1) is 20.0. The van der Waals surface area contributed by atoms with Crippen LogP contribution in [0.25, 0.3) is 0 Å². The van der Waals surface area contributed by atoms with Crippen molar-refractivity contribution in [2.75, 3.05) is 27.4 Å². The largest absolute Gasteiger partial charge is 0.496 e. The average molecular weight is 403 g/mol. The number of carbonyl (C=O) groups excluding carboxylic acids is 2. The number of imide groups is 1. The molecule has 0 radical (unpaired) electrons. The Labute approximate surface area is 170 Å². The summed E-state index contributed by atoms with van der Waals surface area (Å²) in [4.78, 5) is 28.9. The summed E-state index contributed by atoms with van der Waals surface area (Å²) in [6.45, 7) is 3.07. The number of urea groups is 1. The Kier molecular flexibility index (Phi) is 5.16. The van der Waals surface area contributed by atoms with Crippen LogP contribution in [0.5, 0.6) is 11.5 Å². The third-order valence-corrected chi connectivity index (χ3v) is 6.58. The number of nitrogens with one attached hydrogen (secondary N) is 1. The Hall–Kier alpha value is -2.32. The first-order valence-electron chi connectivity index (χ1n) is 10.2. The molecule has 2 heterocycles. The van der Waals surface area contributed by atoms with E-state index in [4.69, 9.17) is 9.47 Å². The molecule has 1 aromatic carbocycles. The number of methoxy groups -OCH3 is 2. The zero-order valence-electron chi connectivity index (χ0n) is 17.2. The topological polar surface area (TPSA) is 91.3 Å². The summed E-state index contributed by atoms with van der Waals surface area (Å²) in [5, 5.41) is 13.7. The predicted molar refractivity (Wildman–Crippen MR) is 106 cm³/mol. The zero-order chi connectivity index (χ0) is 20.8. The molecular weight excluding hydrogens is 374 g/mol. The third-order valence-electron chi connectivity index (χ3n) is 6.58. The van der Waals surface area contributed by atoms with Crippen molar-refractivity contribution in [1.29, 1.82) is 0 Å². The maximum atomic E-state index is 13.1. The molecule has 8 nitrogen and oxygen atoms in total. The maximum absolute atomic E-state index is 13.1. The lowest BCUT2D eigenvalue weighted by Gasteiger charge is -2.36. The number of carbonyl (C=O) groups is 2. The molecule has 1 unspecified atom stereocenters. The minimum atomic E-state index is -0.797. The van der Waals surface area contributed by atoms with Crippen LogP contribution < -0.4 is 14.8 Å². The molecular formula is C21H29N3O5. The van der Waals surface area contributed by atoms with Gasteiger partial charge in [-0.25, -0.2) is 9.69 Å². The fourth-order valence-corrected chi connectivity index (χ4v) is 4.85. The highest BCUT2D eigenvalue weighted by Gasteiger charge is 2.52. The number of aliphatic hydroxyl groups excluding tert-OH is 1. The highest BCUT2D eigenvalue weighted by atomic mass is 16.5. The van der Waals surface area contributed by atoms with E-state index in [1.807, 2.05) is 4.90 Å². The van der Waals surface area contributed by atoms with E-state index < -0.39 is 11.6 Å². The molecule has 8 heteroatoms. The Bertz CT molecular complexity index is 819. The summed E-state index contributed by atoms with van der Waals surface area (Å²) in [6.07, 6.45) is 2.45. The molecule has 2 N–H and O–H groups in total. The molecule has 1 spiro atoms. The molecule has 2 fully saturated rings. The lowest BCUT2D eigenvalue weighted by molar-refractivity contribution is -0.134. The first-order chi connectivity index (χ1) is 13.9. The lowest BCUT2D eigenvalue weighted by Crippen LogP contribution is -2.50. The van der Waals surface area contributed by atoms with Gasteiger partial charge >= 0.3 is 6.03 Å². The number of ether oxygens (including phenoxy) is 2. The van der Waals surface area contributed by atoms with Gasteiger partial charge in [0.15, 0.2) is 0 Å². The van der Waals surface area contributed by atoms with E-state index in [2.05, 4.69) is 12.2 Å². The lowest BCUT2D eigenvalue weighted by atomic mass is 9.77. The molecule has 29 heavy (non-hydrogen) atoms. The van der Waals surface area contributed by atoms with Gasteiger partial charge in [0.05, 0.1) is 27.0 Å². The molecule has 4 rings (SSSR count). The second-order valence-electron chi connectivity index (χ2n) is 8.46. The number of β-amino-alcohol motifs (C(OH)–C–C–N with tert-alkyl or cyclic N) is 1. The monoisotopic (exact) mass is 403 g/mol. The second-order valence-corrected chi connectivity index (χ2v) is 8.46. The molecule has 0 aromatic heterocycles. The summed E-state index contributed by atoms with van der Waals surface area (Å²) in [5.41, 5.74) is 0.772. The van der Waals surface area contributed by atoms with E-state index in [1.165, 1.54) is 4.90 Å². The van der Waals surface area contributed by atoms with Crippen molar-refractivity contribution in [2.45, 2.75) is 50.8 Å². The van der Waals surface area contributed by atoms with E-state index in [9.17, 15) is 14.7 Å². The Morgan fingerprint density at radius 2 is 1.83 bits per heavy atom. The van der Waals surface area contributed by atoms with Crippen molar-refractivity contribution < 1.29 is 24.2 Å². The molecule has 3 aliphatic rings. The summed E-state index contributed by atoms with van der Waals surface area (Å²) in [5.74, 6) is 1.69. The summed E-state index contributed by atoms with van der Waals surface area (Å²) in [6, 6.07) is 3.24. The normalized spacial score (nSPS) is 29.7. The van der Waals surface area contributed by atoms with Crippen molar-refractivity contribution in [2.24, 2.45) is 5.92 Å². The highest BCUT2D eigenvalue weighted by molar-refractivity contribution is 6.07. The van der Waals surface area contributed by atoms with Crippen molar-refractivity contribution in [3.8, 4) is 11.5 Å². The number of hydrogen-bond acceptors (Lipinski definition) is 6. The molecule has 1 aliphatic carbocycles. The zero-order valence-corrected chi connectivity index (χ0v) is 17.2. The van der Waals surface area contributed by atoms with Gasteiger partial charge in [0.2, 0.25) is 0 Å². The van der Waals surface area contributed by atoms with Crippen molar-refractivity contribution in [3.63, 3.8) is 0 Å². The van der Waals surface area contributed by atoms with Gasteiger partial charge < -0.3 is 19.9 Å². The maximum Gasteiger partial charge on any atom is 0.326 e. The van der Waals surface area contributed by atoms with E-state index in [-0.39, 0.29) is 18.6 Å². The van der Waals surface area contributed by atoms with Gasteiger partial charge in [-0.2, -0.15) is 0 Å². The van der Waals surface area contributed by atoms with E-state index in [0.29, 0.717) is 48.9 Å². The number of amides is 3. The van der Waals surface area contributed by atoms with E-state index >= 15 is 0 Å². The van der Waals surface area contributed by atoms with Crippen LogP contribution in [0.1, 0.15) is 49.8 Å². The number of hydrogen-bond donors (Lipinski definition) is 2. The van der Waals surface area contributed by atoms with Crippen LogP contribution in [0.15, 0.2) is 12.1 Å². The van der Waals surface area contributed by atoms with Crippen molar-refractivity contribution in [1.82, 2.24) is 15.1 Å². The van der Waals surface area contributed by atoms with Gasteiger partial charge in [-0.15, -0.1) is 0 Å². The fourth-order valence-electron chi connectivity index (χ4n) is 4.85. The van der Waals surface area contributed by atoms with Gasteiger partial charge in [-0.3, -0.25) is 9.69 Å². The number of rotatable bonds is 4. The van der Waals surface area contributed by atoms with E-state index in [1.54, 1.807) is 26.4 Å². The van der Waals surface area contributed by atoms with Crippen LogP contribution in [0.2, 0.25) is 0 Å². The van der Waals surface area contributed by atoms with Crippen LogP contribution in [0, 0.1) is 5.92 Å². The smallest absolute Gasteiger partial charge is 0.326 e. The van der Waals surface area contributed by atoms with Gasteiger partial charge in [-0.1, -0.05) is 6.92 Å². The number of benzene rings is 1. The first-order valence-corrected chi connectivity index (χ1v) is 10.2. The van der Waals surface area contributed by atoms with Crippen LogP contribution in [-0.2, 0) is 11.3 Å². The average Bonchev–Trinajstić information content (AvgIpc) is 2.93. The minimum Gasteiger partial charge on any atom is -0.496 e. The summed E-state index contributed by atoms with van der Waals surface area (Å²) < 4.78 is 10.9. The molecule has 1 aromatic rings. The minimum absolute atomic E-state index is 0.138. The van der Waals surface area contributed by atoms with Gasteiger partial charge in [0.1, 0.15) is 17.0 Å². The van der Waals surface area contributed by atoms with Gasteiger partial charge in [0.25, 0.3) is 5.91 Å². The fraction of sp³-hybridized carbons (Fsp3) is 0.619. The van der Waals surface area contributed by atoms with Crippen LogP contribution in [0.3, 0.4) is 0 Å². The Morgan fingerprint density at radius 1 is 1.17 bits per heavy atom. The Balaban J connectivity index is 1.54. The van der Waals surface area contributed by atoms with Crippen LogP contribution >= 0.6 is 0 Å². The SMILES string of the molecule is COc1ccc(OC)c2c1CN(CN1C(=O)NC3(CCC(C)CC3)C1=O)CC2O. The number of fused-ring (bicyclic) bond motifs is 1. The Morgan fingerprint density at radius 3 is 2.48 bits per heavy atom.